The van der Waals surface area contributed by atoms with Crippen LogP contribution in [0.1, 0.15) is 30.3 Å². The van der Waals surface area contributed by atoms with Gasteiger partial charge in [0.2, 0.25) is 5.91 Å². The van der Waals surface area contributed by atoms with E-state index in [0.717, 1.165) is 33.0 Å². The number of thioether (sulfide) groups is 1. The molecule has 2 aromatic heterocycles. The average molecular weight is 445 g/mol. The summed E-state index contributed by atoms with van der Waals surface area (Å²) in [6.07, 6.45) is 2.55. The fraction of sp³-hybridized carbons (Fsp3) is 0.409. The Morgan fingerprint density at radius 3 is 2.63 bits per heavy atom. The van der Waals surface area contributed by atoms with E-state index in [1.165, 1.54) is 16.6 Å². The van der Waals surface area contributed by atoms with Crippen molar-refractivity contribution in [2.24, 2.45) is 0 Å². The van der Waals surface area contributed by atoms with Gasteiger partial charge in [-0.1, -0.05) is 30.8 Å². The summed E-state index contributed by atoms with van der Waals surface area (Å²) >= 11 is 3.16. The van der Waals surface area contributed by atoms with Gasteiger partial charge in [0.1, 0.15) is 21.9 Å². The van der Waals surface area contributed by atoms with E-state index in [1.807, 2.05) is 45.3 Å². The second kappa shape index (κ2) is 10.2. The molecule has 1 aromatic carbocycles. The number of thiophene rings is 1. The van der Waals surface area contributed by atoms with E-state index in [-0.39, 0.29) is 17.2 Å². The number of hydrogen-bond acceptors (Lipinski definition) is 7. The summed E-state index contributed by atoms with van der Waals surface area (Å²) in [5, 5.41) is 4.74. The lowest BCUT2D eigenvalue weighted by Crippen LogP contribution is -2.38. The molecule has 6 nitrogen and oxygen atoms in total. The van der Waals surface area contributed by atoms with E-state index >= 15 is 0 Å². The summed E-state index contributed by atoms with van der Waals surface area (Å²) in [6, 6.07) is 10.2. The van der Waals surface area contributed by atoms with Crippen molar-refractivity contribution in [2.45, 2.75) is 36.6 Å². The quantitative estimate of drug-likeness (QED) is 0.395. The Bertz CT molecular complexity index is 988. The number of hydrogen-bond donors (Lipinski definition) is 1. The Morgan fingerprint density at radius 2 is 2.00 bits per heavy atom. The third kappa shape index (κ3) is 5.30. The summed E-state index contributed by atoms with van der Waals surface area (Å²) in [7, 11) is 5.68. The monoisotopic (exact) mass is 444 g/mol. The molecule has 0 bridgehead atoms. The number of benzene rings is 1. The van der Waals surface area contributed by atoms with Gasteiger partial charge in [0.05, 0.1) is 18.4 Å². The highest BCUT2D eigenvalue weighted by Crippen LogP contribution is 2.33. The molecule has 1 amide bonds. The molecule has 0 saturated heterocycles. The fourth-order valence-corrected chi connectivity index (χ4v) is 5.05. The van der Waals surface area contributed by atoms with Gasteiger partial charge in [-0.25, -0.2) is 9.97 Å². The molecule has 8 heteroatoms. The maximum Gasteiger partial charge on any atom is 0.233 e. The second-order valence-electron chi connectivity index (χ2n) is 7.22. The van der Waals surface area contributed by atoms with Crippen molar-refractivity contribution in [1.82, 2.24) is 20.2 Å². The molecule has 160 valence electrons. The Hall–Kier alpha value is -2.16. The molecule has 2 atom stereocenters. The van der Waals surface area contributed by atoms with E-state index in [2.05, 4.69) is 33.2 Å². The van der Waals surface area contributed by atoms with E-state index < -0.39 is 0 Å². The van der Waals surface area contributed by atoms with Gasteiger partial charge in [0, 0.05) is 16.8 Å². The zero-order valence-electron chi connectivity index (χ0n) is 18.0. The van der Waals surface area contributed by atoms with Crippen molar-refractivity contribution >= 4 is 39.2 Å². The van der Waals surface area contributed by atoms with Crippen molar-refractivity contribution in [2.75, 3.05) is 27.7 Å². The molecule has 0 saturated carbocycles. The second-order valence-corrected chi connectivity index (χ2v) is 9.67. The van der Waals surface area contributed by atoms with Crippen LogP contribution in [0.3, 0.4) is 0 Å². The van der Waals surface area contributed by atoms with Gasteiger partial charge in [0.15, 0.2) is 0 Å². The molecule has 0 spiro atoms. The normalized spacial score (nSPS) is 13.4. The highest BCUT2D eigenvalue weighted by molar-refractivity contribution is 8.00. The molecule has 3 aromatic rings. The Labute approximate surface area is 186 Å². The van der Waals surface area contributed by atoms with E-state index in [0.29, 0.717) is 6.54 Å². The number of amides is 1. The number of methoxy groups -OCH3 is 1. The van der Waals surface area contributed by atoms with Crippen molar-refractivity contribution in [3.05, 3.63) is 47.1 Å². The lowest BCUT2D eigenvalue weighted by molar-refractivity contribution is -0.120. The zero-order valence-corrected chi connectivity index (χ0v) is 19.6. The summed E-state index contributed by atoms with van der Waals surface area (Å²) in [5.74, 6) is 0.819. The Morgan fingerprint density at radius 1 is 1.27 bits per heavy atom. The van der Waals surface area contributed by atoms with E-state index in [1.54, 1.807) is 24.8 Å². The molecular weight excluding hydrogens is 416 g/mol. The summed E-state index contributed by atoms with van der Waals surface area (Å²) < 4.78 is 5.24. The molecule has 0 aliphatic carbocycles. The van der Waals surface area contributed by atoms with Gasteiger partial charge in [-0.15, -0.1) is 11.3 Å². The van der Waals surface area contributed by atoms with Crippen molar-refractivity contribution < 1.29 is 9.53 Å². The SMILES string of the molecule is CCc1cc2c(SC(C)C(=O)NCC(c3ccc(OC)cc3)N(C)C)ncnc2s1. The molecule has 2 heterocycles. The minimum Gasteiger partial charge on any atom is -0.497 e. The number of rotatable bonds is 9. The molecule has 30 heavy (non-hydrogen) atoms. The van der Waals surface area contributed by atoms with Gasteiger partial charge < -0.3 is 15.0 Å². The molecule has 0 fully saturated rings. The molecule has 1 N–H and O–H groups in total. The average Bonchev–Trinajstić information content (AvgIpc) is 3.18. The summed E-state index contributed by atoms with van der Waals surface area (Å²) in [4.78, 5) is 25.9. The molecule has 0 aliphatic rings. The van der Waals surface area contributed by atoms with Gasteiger partial charge >= 0.3 is 0 Å². The number of carbonyl (C=O) groups is 1. The highest BCUT2D eigenvalue weighted by atomic mass is 32.2. The van der Waals surface area contributed by atoms with Crippen LogP contribution in [0.25, 0.3) is 10.2 Å². The van der Waals surface area contributed by atoms with Crippen LogP contribution in [0.15, 0.2) is 41.7 Å². The molecular formula is C22H28N4O2S2. The number of ether oxygens (including phenoxy) is 1. The zero-order chi connectivity index (χ0) is 21.7. The molecule has 3 rings (SSSR count). The Balaban J connectivity index is 1.65. The number of nitrogens with zero attached hydrogens (tertiary/aromatic N) is 3. The van der Waals surface area contributed by atoms with Crippen molar-refractivity contribution in [3.63, 3.8) is 0 Å². The van der Waals surface area contributed by atoms with Crippen molar-refractivity contribution in [3.8, 4) is 5.75 Å². The maximum absolute atomic E-state index is 12.8. The number of nitrogens with one attached hydrogen (secondary N) is 1. The minimum absolute atomic E-state index is 0.00179. The third-order valence-electron chi connectivity index (χ3n) is 4.94. The van der Waals surface area contributed by atoms with Crippen LogP contribution >= 0.6 is 23.1 Å². The largest absolute Gasteiger partial charge is 0.497 e. The fourth-order valence-electron chi connectivity index (χ4n) is 3.14. The predicted octanol–water partition coefficient (Wildman–Crippen LogP) is 4.16. The van der Waals surface area contributed by atoms with Crippen molar-refractivity contribution in [1.29, 1.82) is 0 Å². The third-order valence-corrected chi connectivity index (χ3v) is 7.25. The maximum atomic E-state index is 12.8. The highest BCUT2D eigenvalue weighted by Gasteiger charge is 2.20. The van der Waals surface area contributed by atoms with Gasteiger partial charge in [-0.2, -0.15) is 0 Å². The van der Waals surface area contributed by atoms with Crippen LogP contribution in [0, 0.1) is 0 Å². The standard InChI is InChI=1S/C22H28N4O2S2/c1-6-17-11-18-21(24-13-25-22(18)30-17)29-14(2)20(27)23-12-19(26(3)4)15-7-9-16(28-5)10-8-15/h7-11,13-14,19H,6,12H2,1-5H3,(H,23,27). The Kier molecular flexibility index (Phi) is 7.69. The van der Waals surface area contributed by atoms with E-state index in [9.17, 15) is 4.79 Å². The smallest absolute Gasteiger partial charge is 0.233 e. The first-order valence-electron chi connectivity index (χ1n) is 9.91. The van der Waals surface area contributed by atoms with E-state index in [4.69, 9.17) is 4.74 Å². The first-order chi connectivity index (χ1) is 14.4. The molecule has 0 radical (unpaired) electrons. The van der Waals surface area contributed by atoms with Crippen LogP contribution < -0.4 is 10.1 Å². The molecule has 0 aliphatic heterocycles. The minimum atomic E-state index is -0.258. The number of likely N-dealkylation sites (N-methyl/N-ethyl adjacent to an activating group) is 1. The lowest BCUT2D eigenvalue weighted by atomic mass is 10.1. The van der Waals surface area contributed by atoms with Gasteiger partial charge in [-0.3, -0.25) is 4.79 Å². The van der Waals surface area contributed by atoms with Crippen LogP contribution in [-0.2, 0) is 11.2 Å². The van der Waals surface area contributed by atoms with Crippen LogP contribution in [-0.4, -0.2) is 53.8 Å². The van der Waals surface area contributed by atoms with Crippen LogP contribution in [0.4, 0.5) is 0 Å². The first kappa shape index (κ1) is 22.5. The van der Waals surface area contributed by atoms with Gasteiger partial charge in [0.25, 0.3) is 0 Å². The van der Waals surface area contributed by atoms with Gasteiger partial charge in [-0.05, 0) is 51.2 Å². The number of carbonyl (C=O) groups excluding carboxylic acids is 1. The molecule has 2 unspecified atom stereocenters. The summed E-state index contributed by atoms with van der Waals surface area (Å²) in [5.41, 5.74) is 1.13. The van der Waals surface area contributed by atoms with Crippen LogP contribution in [0.5, 0.6) is 5.75 Å². The summed E-state index contributed by atoms with van der Waals surface area (Å²) in [6.45, 7) is 4.57. The number of aromatic nitrogens is 2. The topological polar surface area (TPSA) is 67.3 Å². The number of fused-ring (bicyclic) bond motifs is 1. The van der Waals surface area contributed by atoms with Crippen LogP contribution in [0.2, 0.25) is 0 Å². The predicted molar refractivity (Wildman–Crippen MR) is 125 cm³/mol. The lowest BCUT2D eigenvalue weighted by Gasteiger charge is -2.26. The first-order valence-corrected chi connectivity index (χ1v) is 11.6. The number of aryl methyl sites for hydroxylation is 1.